The van der Waals surface area contributed by atoms with E-state index in [2.05, 4.69) is 5.32 Å². The van der Waals surface area contributed by atoms with Gasteiger partial charge in [-0.05, 0) is 54.6 Å². The molecular formula is C25H22ClN3O2S. The highest BCUT2D eigenvalue weighted by molar-refractivity contribution is 7.16. The second-order valence-corrected chi connectivity index (χ2v) is 9.61. The van der Waals surface area contributed by atoms with Crippen molar-refractivity contribution >= 4 is 50.7 Å². The van der Waals surface area contributed by atoms with E-state index < -0.39 is 5.54 Å². The molecule has 162 valence electrons. The van der Waals surface area contributed by atoms with Crippen molar-refractivity contribution in [2.75, 3.05) is 4.90 Å². The first-order valence-corrected chi connectivity index (χ1v) is 11.6. The first-order chi connectivity index (χ1) is 15.4. The zero-order valence-electron chi connectivity index (χ0n) is 17.8. The van der Waals surface area contributed by atoms with Gasteiger partial charge in [-0.25, -0.2) is 0 Å². The fraction of sp³-hybridized carbons (Fsp3) is 0.200. The summed E-state index contributed by atoms with van der Waals surface area (Å²) in [6.45, 7) is 4.47. The van der Waals surface area contributed by atoms with Crippen LogP contribution in [0.15, 0.2) is 66.0 Å². The zero-order valence-corrected chi connectivity index (χ0v) is 19.3. The summed E-state index contributed by atoms with van der Waals surface area (Å²) in [5.74, 6) is -0.424. The third kappa shape index (κ3) is 3.31. The van der Waals surface area contributed by atoms with Gasteiger partial charge in [0.25, 0.3) is 5.91 Å². The number of thiophene rings is 1. The van der Waals surface area contributed by atoms with Crippen LogP contribution in [0.2, 0.25) is 5.02 Å². The Morgan fingerprint density at radius 3 is 2.69 bits per heavy atom. The van der Waals surface area contributed by atoms with Gasteiger partial charge in [0.15, 0.2) is 0 Å². The molecule has 0 saturated heterocycles. The van der Waals surface area contributed by atoms with Crippen LogP contribution in [0.5, 0.6) is 0 Å². The molecule has 0 aliphatic carbocycles. The van der Waals surface area contributed by atoms with Crippen LogP contribution in [0.1, 0.15) is 28.5 Å². The maximum Gasteiger partial charge on any atom is 0.275 e. The molecule has 0 unspecified atom stereocenters. The quantitative estimate of drug-likeness (QED) is 0.440. The van der Waals surface area contributed by atoms with E-state index in [4.69, 9.17) is 11.6 Å². The Kier molecular flexibility index (Phi) is 5.07. The molecule has 0 radical (unpaired) electrons. The van der Waals surface area contributed by atoms with Gasteiger partial charge in [0.1, 0.15) is 16.1 Å². The normalized spacial score (nSPS) is 18.1. The molecule has 2 aromatic carbocycles. The minimum absolute atomic E-state index is 0.211. The summed E-state index contributed by atoms with van der Waals surface area (Å²) in [4.78, 5) is 30.0. The van der Waals surface area contributed by atoms with Crippen LogP contribution in [0.3, 0.4) is 0 Å². The van der Waals surface area contributed by atoms with Crippen LogP contribution in [0, 0.1) is 6.92 Å². The summed E-state index contributed by atoms with van der Waals surface area (Å²) in [5, 5.41) is 6.61. The maximum absolute atomic E-state index is 13.8. The maximum atomic E-state index is 13.8. The molecule has 1 N–H and O–H groups in total. The molecule has 1 aliphatic heterocycles. The van der Waals surface area contributed by atoms with Gasteiger partial charge >= 0.3 is 0 Å². The number of aromatic nitrogens is 1. The summed E-state index contributed by atoms with van der Waals surface area (Å²) in [6, 6.07) is 19.1. The van der Waals surface area contributed by atoms with Gasteiger partial charge in [0.2, 0.25) is 5.91 Å². The fourth-order valence-electron chi connectivity index (χ4n) is 4.29. The highest BCUT2D eigenvalue weighted by atomic mass is 35.5. The molecule has 4 aromatic rings. The Labute approximate surface area is 195 Å². The molecular weight excluding hydrogens is 442 g/mol. The molecule has 0 fully saturated rings. The Morgan fingerprint density at radius 1 is 1.16 bits per heavy atom. The topological polar surface area (TPSA) is 54.3 Å². The van der Waals surface area contributed by atoms with Gasteiger partial charge in [-0.3, -0.25) is 14.5 Å². The summed E-state index contributed by atoms with van der Waals surface area (Å²) in [5.41, 5.74) is 1.97. The van der Waals surface area contributed by atoms with Crippen molar-refractivity contribution in [2.45, 2.75) is 32.5 Å². The average molecular weight is 464 g/mol. The first kappa shape index (κ1) is 20.8. The van der Waals surface area contributed by atoms with Crippen molar-refractivity contribution in [1.82, 2.24) is 9.88 Å². The van der Waals surface area contributed by atoms with Crippen LogP contribution in [-0.2, 0) is 17.9 Å². The van der Waals surface area contributed by atoms with Crippen molar-refractivity contribution in [3.8, 4) is 0 Å². The van der Waals surface area contributed by atoms with E-state index >= 15 is 0 Å². The second-order valence-electron chi connectivity index (χ2n) is 8.31. The number of anilines is 1. The number of carbonyl (C=O) groups excluding carboxylic acids is 2. The van der Waals surface area contributed by atoms with Gasteiger partial charge in [-0.1, -0.05) is 48.0 Å². The third-order valence-electron chi connectivity index (χ3n) is 6.08. The predicted octanol–water partition coefficient (Wildman–Crippen LogP) is 5.40. The minimum atomic E-state index is -1.13. The zero-order chi connectivity index (χ0) is 22.5. The van der Waals surface area contributed by atoms with Crippen LogP contribution in [0.4, 0.5) is 5.69 Å². The number of carbonyl (C=O) groups is 2. The Hall–Kier alpha value is -3.09. The van der Waals surface area contributed by atoms with Crippen LogP contribution >= 0.6 is 22.9 Å². The number of hydrogen-bond donors (Lipinski definition) is 1. The fourth-order valence-corrected chi connectivity index (χ4v) is 5.36. The van der Waals surface area contributed by atoms with Crippen LogP contribution in [-0.4, -0.2) is 21.9 Å². The Morgan fingerprint density at radius 2 is 1.94 bits per heavy atom. The van der Waals surface area contributed by atoms with Crippen molar-refractivity contribution < 1.29 is 9.59 Å². The molecule has 0 spiro atoms. The Balaban J connectivity index is 1.59. The summed E-state index contributed by atoms with van der Waals surface area (Å²) in [7, 11) is 0. The van der Waals surface area contributed by atoms with E-state index in [0.717, 1.165) is 21.3 Å². The average Bonchev–Trinajstić information content (AvgIpc) is 3.38. The van der Waals surface area contributed by atoms with Gasteiger partial charge in [-0.2, -0.15) is 0 Å². The monoisotopic (exact) mass is 463 g/mol. The highest BCUT2D eigenvalue weighted by Crippen LogP contribution is 2.38. The predicted molar refractivity (Wildman–Crippen MR) is 130 cm³/mol. The van der Waals surface area contributed by atoms with E-state index in [0.29, 0.717) is 29.5 Å². The molecule has 1 atom stereocenters. The molecule has 2 aromatic heterocycles. The van der Waals surface area contributed by atoms with Gasteiger partial charge in [0, 0.05) is 22.6 Å². The number of fused-ring (bicyclic) bond motifs is 3. The van der Waals surface area contributed by atoms with Crippen molar-refractivity contribution in [3.63, 3.8) is 0 Å². The SMILES string of the molecule is Cc1ccc(N2C(=O)c3cc4ccsc4n3C[C@]2(C)C(=O)NCc2ccccc2)cc1Cl. The summed E-state index contributed by atoms with van der Waals surface area (Å²) in [6.07, 6.45) is 0. The molecule has 0 saturated carbocycles. The van der Waals surface area contributed by atoms with E-state index in [1.165, 1.54) is 0 Å². The lowest BCUT2D eigenvalue weighted by Gasteiger charge is -2.44. The molecule has 3 heterocycles. The molecule has 1 aliphatic rings. The third-order valence-corrected chi connectivity index (χ3v) is 7.44. The first-order valence-electron chi connectivity index (χ1n) is 10.4. The number of rotatable bonds is 4. The molecule has 7 heteroatoms. The smallest absolute Gasteiger partial charge is 0.275 e. The number of benzene rings is 2. The molecule has 5 rings (SSSR count). The van der Waals surface area contributed by atoms with Crippen LogP contribution < -0.4 is 10.2 Å². The van der Waals surface area contributed by atoms with E-state index in [1.807, 2.05) is 78.4 Å². The Bertz CT molecular complexity index is 1340. The minimum Gasteiger partial charge on any atom is -0.350 e. The van der Waals surface area contributed by atoms with Crippen LogP contribution in [0.25, 0.3) is 10.2 Å². The lowest BCUT2D eigenvalue weighted by Crippen LogP contribution is -2.64. The van der Waals surface area contributed by atoms with Crippen molar-refractivity contribution in [1.29, 1.82) is 0 Å². The summed E-state index contributed by atoms with van der Waals surface area (Å²) >= 11 is 7.97. The standard InChI is InChI=1S/C25H22ClN3O2S/c1-16-8-9-19(13-20(16)26)29-22(30)21-12-18-10-11-32-23(18)28(21)15-25(29,2)24(31)27-14-17-6-4-3-5-7-17/h3-13H,14-15H2,1-2H3,(H,27,31)/t25-/m1/s1. The second kappa shape index (κ2) is 7.80. The van der Waals surface area contributed by atoms with E-state index in [1.54, 1.807) is 22.3 Å². The van der Waals surface area contributed by atoms with Gasteiger partial charge < -0.3 is 9.88 Å². The molecule has 5 nitrogen and oxygen atoms in total. The van der Waals surface area contributed by atoms with Gasteiger partial charge in [0.05, 0.1) is 6.54 Å². The van der Waals surface area contributed by atoms with Gasteiger partial charge in [-0.15, -0.1) is 11.3 Å². The molecule has 32 heavy (non-hydrogen) atoms. The molecule has 2 amide bonds. The van der Waals surface area contributed by atoms with Crippen molar-refractivity contribution in [3.05, 3.63) is 87.9 Å². The van der Waals surface area contributed by atoms with E-state index in [9.17, 15) is 9.59 Å². The lowest BCUT2D eigenvalue weighted by molar-refractivity contribution is -0.126. The number of nitrogens with one attached hydrogen (secondary N) is 1. The largest absolute Gasteiger partial charge is 0.350 e. The number of nitrogens with zero attached hydrogens (tertiary/aromatic N) is 2. The number of hydrogen-bond acceptors (Lipinski definition) is 3. The lowest BCUT2D eigenvalue weighted by atomic mass is 9.93. The number of aryl methyl sites for hydroxylation is 1. The van der Waals surface area contributed by atoms with Crippen molar-refractivity contribution in [2.24, 2.45) is 0 Å². The number of amides is 2. The highest BCUT2D eigenvalue weighted by Gasteiger charge is 2.48. The summed E-state index contributed by atoms with van der Waals surface area (Å²) < 4.78 is 1.97. The number of halogens is 1. The molecule has 0 bridgehead atoms. The van der Waals surface area contributed by atoms with E-state index in [-0.39, 0.29) is 11.8 Å².